The number of carbonyl (C=O) groups is 3. The van der Waals surface area contributed by atoms with Crippen LogP contribution in [0.3, 0.4) is 0 Å². The highest BCUT2D eigenvalue weighted by molar-refractivity contribution is 9.10. The van der Waals surface area contributed by atoms with E-state index in [1.807, 2.05) is 0 Å². The summed E-state index contributed by atoms with van der Waals surface area (Å²) in [6.45, 7) is -0.419. The summed E-state index contributed by atoms with van der Waals surface area (Å²) in [6, 6.07) is 19.9. The van der Waals surface area contributed by atoms with Crippen molar-refractivity contribution in [1.29, 1.82) is 0 Å². The van der Waals surface area contributed by atoms with E-state index in [4.69, 9.17) is 9.47 Å². The Labute approximate surface area is 181 Å². The van der Waals surface area contributed by atoms with Gasteiger partial charge in [0.05, 0.1) is 23.9 Å². The van der Waals surface area contributed by atoms with Gasteiger partial charge in [0.1, 0.15) is 5.75 Å². The maximum absolute atomic E-state index is 12.6. The second-order valence-corrected chi connectivity index (χ2v) is 7.06. The molecule has 1 N–H and O–H groups in total. The fraction of sp³-hybridized carbons (Fsp3) is 0.0870. The predicted octanol–water partition coefficient (Wildman–Crippen LogP) is 4.75. The number of ether oxygens (including phenoxy) is 2. The Kier molecular flexibility index (Phi) is 6.98. The number of carbonyl (C=O) groups excluding carboxylic acids is 3. The molecule has 0 unspecified atom stereocenters. The Balaban J connectivity index is 1.68. The van der Waals surface area contributed by atoms with Crippen LogP contribution >= 0.6 is 15.9 Å². The lowest BCUT2D eigenvalue weighted by Gasteiger charge is -2.11. The second-order valence-electron chi connectivity index (χ2n) is 6.21. The van der Waals surface area contributed by atoms with E-state index in [9.17, 15) is 14.4 Å². The number of nitrogens with one attached hydrogen (secondary N) is 1. The first kappa shape index (κ1) is 21.3. The molecule has 0 saturated carbocycles. The summed E-state index contributed by atoms with van der Waals surface area (Å²) in [4.78, 5) is 37.4. The summed E-state index contributed by atoms with van der Waals surface area (Å²) in [6.07, 6.45) is 0. The van der Waals surface area contributed by atoms with E-state index in [1.165, 1.54) is 13.2 Å². The number of methoxy groups -OCH3 is 1. The number of amides is 1. The van der Waals surface area contributed by atoms with E-state index in [0.717, 1.165) is 0 Å². The Hall–Kier alpha value is -3.45. The van der Waals surface area contributed by atoms with Gasteiger partial charge in [-0.1, -0.05) is 24.3 Å². The van der Waals surface area contributed by atoms with Crippen molar-refractivity contribution in [2.75, 3.05) is 19.0 Å². The predicted molar refractivity (Wildman–Crippen MR) is 116 cm³/mol. The number of para-hydroxylation sites is 1. The van der Waals surface area contributed by atoms with Crippen molar-refractivity contribution < 1.29 is 23.9 Å². The van der Waals surface area contributed by atoms with Gasteiger partial charge in [-0.3, -0.25) is 9.59 Å². The molecule has 0 spiro atoms. The molecule has 0 fully saturated rings. The molecule has 152 valence electrons. The molecular formula is C23H18BrNO5. The third-order valence-corrected chi connectivity index (χ3v) is 4.95. The molecule has 6 nitrogen and oxygen atoms in total. The fourth-order valence-corrected chi connectivity index (χ4v) is 3.14. The number of Topliss-reactive ketones (excluding diaryl/α,β-unsaturated/α-hetero) is 1. The molecule has 30 heavy (non-hydrogen) atoms. The molecule has 0 aliphatic rings. The van der Waals surface area contributed by atoms with Gasteiger partial charge < -0.3 is 14.8 Å². The summed E-state index contributed by atoms with van der Waals surface area (Å²) in [5, 5.41) is 2.71. The van der Waals surface area contributed by atoms with E-state index >= 15 is 0 Å². The lowest BCUT2D eigenvalue weighted by Crippen LogP contribution is -2.18. The molecule has 0 radical (unpaired) electrons. The third-order valence-electron chi connectivity index (χ3n) is 4.26. The number of anilines is 1. The number of ketones is 1. The van der Waals surface area contributed by atoms with Crippen LogP contribution in [0, 0.1) is 0 Å². The minimum atomic E-state index is -0.708. The van der Waals surface area contributed by atoms with E-state index in [0.29, 0.717) is 27.0 Å². The molecule has 0 aliphatic heterocycles. The average Bonchev–Trinajstić information content (AvgIpc) is 2.78. The van der Waals surface area contributed by atoms with Crippen LogP contribution < -0.4 is 10.1 Å². The van der Waals surface area contributed by atoms with E-state index in [2.05, 4.69) is 21.2 Å². The van der Waals surface area contributed by atoms with Crippen molar-refractivity contribution in [2.45, 2.75) is 0 Å². The van der Waals surface area contributed by atoms with Crippen molar-refractivity contribution in [3.63, 3.8) is 0 Å². The van der Waals surface area contributed by atoms with Gasteiger partial charge in [-0.2, -0.15) is 0 Å². The Bertz CT molecular complexity index is 1080. The molecule has 0 saturated heterocycles. The summed E-state index contributed by atoms with van der Waals surface area (Å²) in [5.41, 5.74) is 1.27. The van der Waals surface area contributed by atoms with Crippen molar-refractivity contribution in [1.82, 2.24) is 0 Å². The molecular weight excluding hydrogens is 450 g/mol. The Morgan fingerprint density at radius 1 is 0.867 bits per heavy atom. The number of esters is 1. The SMILES string of the molecule is COc1ccc(C(=O)COC(=O)c2ccccc2NC(=O)c2ccccc2Br)cc1. The molecule has 1 amide bonds. The standard InChI is InChI=1S/C23H18BrNO5/c1-29-16-12-10-15(11-13-16)21(26)14-30-23(28)18-7-3-5-9-20(18)25-22(27)17-6-2-4-8-19(17)24/h2-13H,14H2,1H3,(H,25,27). The first-order valence-corrected chi connectivity index (χ1v) is 9.78. The van der Waals surface area contributed by atoms with Gasteiger partial charge in [-0.05, 0) is 64.5 Å². The van der Waals surface area contributed by atoms with Crippen LogP contribution in [0.15, 0.2) is 77.3 Å². The lowest BCUT2D eigenvalue weighted by atomic mass is 10.1. The van der Waals surface area contributed by atoms with Gasteiger partial charge in [0.15, 0.2) is 12.4 Å². The maximum Gasteiger partial charge on any atom is 0.340 e. The molecule has 0 aromatic heterocycles. The maximum atomic E-state index is 12.6. The molecule has 0 aliphatic carbocycles. The van der Waals surface area contributed by atoms with Crippen LogP contribution in [0.1, 0.15) is 31.1 Å². The number of hydrogen-bond acceptors (Lipinski definition) is 5. The van der Waals surface area contributed by atoms with E-state index in [1.54, 1.807) is 66.7 Å². The largest absolute Gasteiger partial charge is 0.497 e. The molecule has 3 aromatic rings. The zero-order chi connectivity index (χ0) is 21.5. The van der Waals surface area contributed by atoms with Crippen LogP contribution in [0.25, 0.3) is 0 Å². The van der Waals surface area contributed by atoms with Gasteiger partial charge in [-0.15, -0.1) is 0 Å². The van der Waals surface area contributed by atoms with Gasteiger partial charge in [0.2, 0.25) is 0 Å². The average molecular weight is 468 g/mol. The second kappa shape index (κ2) is 9.84. The molecule has 0 atom stereocenters. The van der Waals surface area contributed by atoms with Crippen LogP contribution in [-0.4, -0.2) is 31.4 Å². The smallest absolute Gasteiger partial charge is 0.340 e. The minimum absolute atomic E-state index is 0.153. The number of hydrogen-bond donors (Lipinski definition) is 1. The van der Waals surface area contributed by atoms with Crippen LogP contribution in [0.4, 0.5) is 5.69 Å². The first-order valence-electron chi connectivity index (χ1n) is 8.99. The van der Waals surface area contributed by atoms with Crippen LogP contribution in [0.5, 0.6) is 5.75 Å². The van der Waals surface area contributed by atoms with E-state index in [-0.39, 0.29) is 17.3 Å². The topological polar surface area (TPSA) is 81.7 Å². The zero-order valence-electron chi connectivity index (χ0n) is 16.1. The van der Waals surface area contributed by atoms with E-state index < -0.39 is 12.6 Å². The fourth-order valence-electron chi connectivity index (χ4n) is 2.67. The first-order chi connectivity index (χ1) is 14.5. The highest BCUT2D eigenvalue weighted by atomic mass is 79.9. The highest BCUT2D eigenvalue weighted by Gasteiger charge is 2.18. The summed E-state index contributed by atoms with van der Waals surface area (Å²) in [7, 11) is 1.53. The van der Waals surface area contributed by atoms with Gasteiger partial charge in [0.25, 0.3) is 5.91 Å². The number of rotatable bonds is 7. The lowest BCUT2D eigenvalue weighted by molar-refractivity contribution is 0.0475. The molecule has 3 rings (SSSR count). The Morgan fingerprint density at radius 2 is 1.50 bits per heavy atom. The summed E-state index contributed by atoms with van der Waals surface area (Å²) < 4.78 is 10.9. The van der Waals surface area contributed by atoms with Crippen molar-refractivity contribution in [3.8, 4) is 5.75 Å². The van der Waals surface area contributed by atoms with Crippen molar-refractivity contribution in [2.24, 2.45) is 0 Å². The Morgan fingerprint density at radius 3 is 2.17 bits per heavy atom. The monoisotopic (exact) mass is 467 g/mol. The molecule has 0 heterocycles. The highest BCUT2D eigenvalue weighted by Crippen LogP contribution is 2.21. The molecule has 3 aromatic carbocycles. The van der Waals surface area contributed by atoms with Crippen LogP contribution in [0.2, 0.25) is 0 Å². The summed E-state index contributed by atoms with van der Waals surface area (Å²) >= 11 is 3.33. The van der Waals surface area contributed by atoms with Crippen molar-refractivity contribution in [3.05, 3.63) is 94.0 Å². The summed E-state index contributed by atoms with van der Waals surface area (Å²) in [5.74, 6) is -0.809. The normalized spacial score (nSPS) is 10.2. The number of halogens is 1. The van der Waals surface area contributed by atoms with Crippen LogP contribution in [-0.2, 0) is 4.74 Å². The van der Waals surface area contributed by atoms with Gasteiger partial charge >= 0.3 is 5.97 Å². The van der Waals surface area contributed by atoms with Crippen molar-refractivity contribution >= 4 is 39.3 Å². The third kappa shape index (κ3) is 5.12. The molecule has 0 bridgehead atoms. The van der Waals surface area contributed by atoms with Gasteiger partial charge in [0, 0.05) is 10.0 Å². The minimum Gasteiger partial charge on any atom is -0.497 e. The number of benzene rings is 3. The zero-order valence-corrected chi connectivity index (χ0v) is 17.6. The molecule has 7 heteroatoms. The van der Waals surface area contributed by atoms with Gasteiger partial charge in [-0.25, -0.2) is 4.79 Å². The quantitative estimate of drug-likeness (QED) is 0.400.